The van der Waals surface area contributed by atoms with Crippen LogP contribution in [0.15, 0.2) is 0 Å². The van der Waals surface area contributed by atoms with Gasteiger partial charge in [-0.1, -0.05) is 6.92 Å². The second-order valence-electron chi connectivity index (χ2n) is 3.69. The maximum Gasteiger partial charge on any atom is 0.308 e. The number of carbonyl (C=O) groups is 1. The molecule has 1 aliphatic rings. The highest BCUT2D eigenvalue weighted by Gasteiger charge is 2.30. The molecule has 0 spiro atoms. The minimum absolute atomic E-state index is 0.0891. The van der Waals surface area contributed by atoms with Crippen LogP contribution in [0.4, 0.5) is 0 Å². The predicted molar refractivity (Wildman–Crippen MR) is 44.5 cm³/mol. The summed E-state index contributed by atoms with van der Waals surface area (Å²) in [6.07, 6.45) is 1.91. The molecular formula is C9H16O3. The molecule has 3 atom stereocenters. The van der Waals surface area contributed by atoms with Crippen molar-refractivity contribution in [2.75, 3.05) is 7.11 Å². The molecule has 0 bridgehead atoms. The van der Waals surface area contributed by atoms with Crippen LogP contribution >= 0.6 is 0 Å². The van der Waals surface area contributed by atoms with E-state index in [9.17, 15) is 9.90 Å². The quantitative estimate of drug-likeness (QED) is 0.599. The lowest BCUT2D eigenvalue weighted by atomic mass is 9.81. The number of rotatable bonds is 1. The maximum absolute atomic E-state index is 11.1. The third-order valence-corrected chi connectivity index (χ3v) is 2.45. The van der Waals surface area contributed by atoms with Crippen molar-refractivity contribution in [1.82, 2.24) is 0 Å². The van der Waals surface area contributed by atoms with Crippen LogP contribution in [0.3, 0.4) is 0 Å². The fourth-order valence-corrected chi connectivity index (χ4v) is 1.93. The highest BCUT2D eigenvalue weighted by molar-refractivity contribution is 5.72. The molecule has 3 nitrogen and oxygen atoms in total. The molecule has 0 unspecified atom stereocenters. The first-order valence-electron chi connectivity index (χ1n) is 4.39. The van der Waals surface area contributed by atoms with Crippen LogP contribution in [0.5, 0.6) is 0 Å². The maximum atomic E-state index is 11.1. The van der Waals surface area contributed by atoms with Gasteiger partial charge in [0.15, 0.2) is 0 Å². The van der Waals surface area contributed by atoms with Crippen LogP contribution < -0.4 is 0 Å². The van der Waals surface area contributed by atoms with Gasteiger partial charge in [-0.2, -0.15) is 0 Å². The largest absolute Gasteiger partial charge is 0.469 e. The molecule has 0 aliphatic heterocycles. The van der Waals surface area contributed by atoms with Crippen LogP contribution in [0.2, 0.25) is 0 Å². The Labute approximate surface area is 72.7 Å². The van der Waals surface area contributed by atoms with E-state index in [0.717, 1.165) is 12.8 Å². The molecule has 1 fully saturated rings. The van der Waals surface area contributed by atoms with Gasteiger partial charge in [0.05, 0.1) is 19.1 Å². The molecule has 0 radical (unpaired) electrons. The van der Waals surface area contributed by atoms with Gasteiger partial charge in [0.2, 0.25) is 0 Å². The molecule has 0 saturated heterocycles. The Bertz CT molecular complexity index is 157. The Morgan fingerprint density at radius 2 is 2.08 bits per heavy atom. The molecule has 0 aromatic rings. The molecule has 0 heterocycles. The van der Waals surface area contributed by atoms with Crippen LogP contribution in [-0.4, -0.2) is 24.3 Å². The first kappa shape index (κ1) is 9.52. The zero-order chi connectivity index (χ0) is 9.14. The van der Waals surface area contributed by atoms with Gasteiger partial charge >= 0.3 is 5.97 Å². The van der Waals surface area contributed by atoms with Gasteiger partial charge in [-0.3, -0.25) is 4.79 Å². The number of hydrogen-bond acceptors (Lipinski definition) is 3. The lowest BCUT2D eigenvalue weighted by Crippen LogP contribution is -2.30. The third kappa shape index (κ3) is 2.21. The summed E-state index contributed by atoms with van der Waals surface area (Å²) >= 11 is 0. The van der Waals surface area contributed by atoms with E-state index < -0.39 is 0 Å². The molecule has 0 aromatic carbocycles. The highest BCUT2D eigenvalue weighted by atomic mass is 16.5. The van der Waals surface area contributed by atoms with Crippen LogP contribution in [0, 0.1) is 11.8 Å². The Kier molecular flexibility index (Phi) is 3.09. The summed E-state index contributed by atoms with van der Waals surface area (Å²) in [4.78, 5) is 11.1. The van der Waals surface area contributed by atoms with Gasteiger partial charge in [-0.25, -0.2) is 0 Å². The number of aliphatic hydroxyl groups is 1. The van der Waals surface area contributed by atoms with E-state index in [1.54, 1.807) is 0 Å². The Balaban J connectivity index is 2.49. The smallest absolute Gasteiger partial charge is 0.308 e. The molecule has 1 saturated carbocycles. The summed E-state index contributed by atoms with van der Waals surface area (Å²) in [5.74, 6) is 0.159. The fourth-order valence-electron chi connectivity index (χ4n) is 1.93. The fraction of sp³-hybridized carbons (Fsp3) is 0.889. The van der Waals surface area contributed by atoms with E-state index in [4.69, 9.17) is 0 Å². The second kappa shape index (κ2) is 3.90. The Morgan fingerprint density at radius 1 is 1.42 bits per heavy atom. The van der Waals surface area contributed by atoms with Crippen molar-refractivity contribution in [1.29, 1.82) is 0 Å². The van der Waals surface area contributed by atoms with Crippen molar-refractivity contribution in [2.45, 2.75) is 32.3 Å². The Morgan fingerprint density at radius 3 is 2.58 bits per heavy atom. The summed E-state index contributed by atoms with van der Waals surface area (Å²) in [6.45, 7) is 2.05. The molecule has 0 amide bonds. The lowest BCUT2D eigenvalue weighted by molar-refractivity contribution is -0.148. The van der Waals surface area contributed by atoms with E-state index in [1.165, 1.54) is 7.11 Å². The lowest BCUT2D eigenvalue weighted by Gasteiger charge is -2.28. The third-order valence-electron chi connectivity index (χ3n) is 2.45. The molecule has 0 aromatic heterocycles. The minimum Gasteiger partial charge on any atom is -0.469 e. The zero-order valence-electron chi connectivity index (χ0n) is 7.62. The van der Waals surface area contributed by atoms with Gasteiger partial charge in [0.25, 0.3) is 0 Å². The van der Waals surface area contributed by atoms with Gasteiger partial charge in [0, 0.05) is 0 Å². The van der Waals surface area contributed by atoms with Gasteiger partial charge in [-0.15, -0.1) is 0 Å². The molecule has 1 N–H and O–H groups in total. The van der Waals surface area contributed by atoms with Gasteiger partial charge in [0.1, 0.15) is 0 Å². The highest BCUT2D eigenvalue weighted by Crippen LogP contribution is 2.29. The van der Waals surface area contributed by atoms with E-state index >= 15 is 0 Å². The molecule has 1 rings (SSSR count). The molecule has 12 heavy (non-hydrogen) atoms. The molecule has 70 valence electrons. The van der Waals surface area contributed by atoms with Gasteiger partial charge in [-0.05, 0) is 25.2 Å². The summed E-state index contributed by atoms with van der Waals surface area (Å²) in [7, 11) is 1.40. The molecule has 1 aliphatic carbocycles. The average molecular weight is 172 g/mol. The summed E-state index contributed by atoms with van der Waals surface area (Å²) in [6, 6.07) is 0. The molecular weight excluding hydrogens is 156 g/mol. The van der Waals surface area contributed by atoms with E-state index in [-0.39, 0.29) is 18.0 Å². The van der Waals surface area contributed by atoms with E-state index in [2.05, 4.69) is 11.7 Å². The first-order chi connectivity index (χ1) is 5.63. The zero-order valence-corrected chi connectivity index (χ0v) is 7.62. The van der Waals surface area contributed by atoms with Crippen LogP contribution in [-0.2, 0) is 9.53 Å². The van der Waals surface area contributed by atoms with Crippen LogP contribution in [0.25, 0.3) is 0 Å². The predicted octanol–water partition coefficient (Wildman–Crippen LogP) is 0.956. The molecule has 3 heteroatoms. The second-order valence-corrected chi connectivity index (χ2v) is 3.69. The summed E-state index contributed by atoms with van der Waals surface area (Å²) in [5, 5.41) is 9.39. The normalized spacial score (nSPS) is 36.1. The van der Waals surface area contributed by atoms with Crippen molar-refractivity contribution >= 4 is 5.97 Å². The number of carbonyl (C=O) groups excluding carboxylic acids is 1. The van der Waals surface area contributed by atoms with Crippen molar-refractivity contribution in [3.63, 3.8) is 0 Å². The monoisotopic (exact) mass is 172 g/mol. The van der Waals surface area contributed by atoms with Gasteiger partial charge < -0.3 is 9.84 Å². The van der Waals surface area contributed by atoms with Crippen molar-refractivity contribution in [3.05, 3.63) is 0 Å². The van der Waals surface area contributed by atoms with E-state index in [1.807, 2.05) is 0 Å². The number of hydrogen-bond donors (Lipinski definition) is 1. The topological polar surface area (TPSA) is 46.5 Å². The summed E-state index contributed by atoms with van der Waals surface area (Å²) in [5.41, 5.74) is 0. The van der Waals surface area contributed by atoms with Crippen molar-refractivity contribution in [3.8, 4) is 0 Å². The average Bonchev–Trinajstić information content (AvgIpc) is 2.01. The SMILES string of the molecule is COC(=O)[C@H]1C[C@@H](C)C[C@@H](O)C1. The number of aliphatic hydroxyl groups excluding tert-OH is 1. The first-order valence-corrected chi connectivity index (χ1v) is 4.39. The van der Waals surface area contributed by atoms with E-state index in [0.29, 0.717) is 12.3 Å². The number of esters is 1. The minimum atomic E-state index is -0.321. The number of methoxy groups -OCH3 is 1. The summed E-state index contributed by atoms with van der Waals surface area (Å²) < 4.78 is 4.64. The van der Waals surface area contributed by atoms with Crippen LogP contribution in [0.1, 0.15) is 26.2 Å². The van der Waals surface area contributed by atoms with Crippen molar-refractivity contribution in [2.24, 2.45) is 11.8 Å². The number of ether oxygens (including phenoxy) is 1. The van der Waals surface area contributed by atoms with Crippen molar-refractivity contribution < 1.29 is 14.6 Å². The Hall–Kier alpha value is -0.570. The standard InChI is InChI=1S/C9H16O3/c1-6-3-7(9(11)12-2)5-8(10)4-6/h6-8,10H,3-5H2,1-2H3/t6-,7+,8-/m1/s1.